The fraction of sp³-hybridized carbons (Fsp3) is 0.125. The Kier molecular flexibility index (Phi) is 5.41. The summed E-state index contributed by atoms with van der Waals surface area (Å²) in [5.41, 5.74) is 11.0. The van der Waals surface area contributed by atoms with Crippen LogP contribution in [-0.4, -0.2) is 32.7 Å². The molecule has 0 fully saturated rings. The predicted octanol–water partition coefficient (Wildman–Crippen LogP) is 4.86. The molecule has 3 aromatic carbocycles. The molecule has 31 heavy (non-hydrogen) atoms. The first kappa shape index (κ1) is 20.2. The number of nitrogens with two attached hydrogens (primary N) is 1. The predicted molar refractivity (Wildman–Crippen MR) is 121 cm³/mol. The van der Waals surface area contributed by atoms with Crippen LogP contribution < -0.4 is 10.5 Å². The van der Waals surface area contributed by atoms with Gasteiger partial charge >= 0.3 is 6.09 Å². The lowest BCUT2D eigenvalue weighted by Crippen LogP contribution is -2.15. The van der Waals surface area contributed by atoms with Crippen molar-refractivity contribution in [3.8, 4) is 22.6 Å². The molecule has 1 heterocycles. The van der Waals surface area contributed by atoms with E-state index in [4.69, 9.17) is 15.6 Å². The number of nitrogens with zero attached hydrogens (tertiary/aromatic N) is 3. The third-order valence-electron chi connectivity index (χ3n) is 4.74. The zero-order chi connectivity index (χ0) is 22.0. The number of aromatic nitrogens is 2. The van der Waals surface area contributed by atoms with E-state index in [9.17, 15) is 4.79 Å². The van der Waals surface area contributed by atoms with Crippen LogP contribution in [0, 0.1) is 0 Å². The van der Waals surface area contributed by atoms with Crippen molar-refractivity contribution in [2.24, 2.45) is 10.7 Å². The molecule has 4 rings (SSSR count). The minimum Gasteiger partial charge on any atom is -0.491 e. The number of fused-ring (bicyclic) bond motifs is 1. The second-order valence-electron chi connectivity index (χ2n) is 7.34. The van der Waals surface area contributed by atoms with E-state index in [2.05, 4.69) is 16.0 Å². The zero-order valence-electron chi connectivity index (χ0n) is 17.2. The summed E-state index contributed by atoms with van der Waals surface area (Å²) in [7, 11) is 0. The van der Waals surface area contributed by atoms with Gasteiger partial charge in [0.2, 0.25) is 0 Å². The fourth-order valence-corrected chi connectivity index (χ4v) is 3.37. The van der Waals surface area contributed by atoms with Gasteiger partial charge in [-0.1, -0.05) is 24.3 Å². The number of hydrogen-bond donors (Lipinski definition) is 2. The van der Waals surface area contributed by atoms with Gasteiger partial charge in [0.05, 0.1) is 17.1 Å². The van der Waals surface area contributed by atoms with Gasteiger partial charge in [0, 0.05) is 11.3 Å². The second-order valence-corrected chi connectivity index (χ2v) is 7.34. The van der Waals surface area contributed by atoms with Crippen LogP contribution in [0.5, 0.6) is 5.75 Å². The summed E-state index contributed by atoms with van der Waals surface area (Å²) >= 11 is 0. The molecule has 0 saturated carbocycles. The largest absolute Gasteiger partial charge is 0.491 e. The van der Waals surface area contributed by atoms with Gasteiger partial charge in [-0.25, -0.2) is 9.78 Å². The summed E-state index contributed by atoms with van der Waals surface area (Å²) in [4.78, 5) is 18.7. The quantitative estimate of drug-likeness (QED) is 0.358. The van der Waals surface area contributed by atoms with Crippen molar-refractivity contribution in [2.75, 3.05) is 0 Å². The number of benzene rings is 3. The summed E-state index contributed by atoms with van der Waals surface area (Å²) < 4.78 is 7.66. The molecule has 1 amide bonds. The van der Waals surface area contributed by atoms with Gasteiger partial charge in [0.25, 0.3) is 0 Å². The maximum Gasteiger partial charge on any atom is 0.433 e. The molecule has 0 radical (unpaired) electrons. The number of carboxylic acid groups (broad SMARTS) is 1. The van der Waals surface area contributed by atoms with Crippen molar-refractivity contribution in [1.82, 2.24) is 9.55 Å². The number of amides is 1. The molecule has 0 aliphatic heterocycles. The van der Waals surface area contributed by atoms with Crippen LogP contribution >= 0.6 is 0 Å². The standard InChI is InChI=1S/C24H22N4O3/c1-15(2)31-20-9-6-16(7-10-20)17-4-3-5-19(12-17)28-14-26-21-11-8-18(13-22(21)28)23(25)27-24(29)30/h3-15H,1-2H3,(H2,25,27)(H,29,30). The first-order chi connectivity index (χ1) is 14.9. The SMILES string of the molecule is CC(C)Oc1ccc(-c2cccc(-n3cnc4ccc(C(N)=NC(=O)O)cc43)c2)cc1. The number of carbonyl (C=O) groups is 1. The van der Waals surface area contributed by atoms with Crippen LogP contribution in [0.15, 0.2) is 78.0 Å². The molecule has 7 heteroatoms. The van der Waals surface area contributed by atoms with E-state index in [0.29, 0.717) is 5.56 Å². The number of rotatable bonds is 5. The van der Waals surface area contributed by atoms with Gasteiger partial charge in [-0.2, -0.15) is 4.99 Å². The monoisotopic (exact) mass is 414 g/mol. The summed E-state index contributed by atoms with van der Waals surface area (Å²) in [6, 6.07) is 21.4. The molecule has 156 valence electrons. The number of hydrogen-bond acceptors (Lipinski definition) is 3. The Morgan fingerprint density at radius 1 is 1.06 bits per heavy atom. The number of imidazole rings is 1. The minimum absolute atomic E-state index is 0.0559. The van der Waals surface area contributed by atoms with E-state index in [1.807, 2.05) is 60.9 Å². The van der Waals surface area contributed by atoms with Crippen molar-refractivity contribution in [2.45, 2.75) is 20.0 Å². The Balaban J connectivity index is 1.71. The molecular formula is C24H22N4O3. The van der Waals surface area contributed by atoms with Gasteiger partial charge in [0.15, 0.2) is 0 Å². The molecule has 4 aromatic rings. The first-order valence-electron chi connectivity index (χ1n) is 9.83. The highest BCUT2D eigenvalue weighted by molar-refractivity contribution is 6.04. The number of aliphatic imine (C=N–C) groups is 1. The van der Waals surface area contributed by atoms with E-state index in [1.54, 1.807) is 24.5 Å². The van der Waals surface area contributed by atoms with Crippen LogP contribution in [0.3, 0.4) is 0 Å². The van der Waals surface area contributed by atoms with E-state index in [1.165, 1.54) is 0 Å². The molecule has 0 bridgehead atoms. The highest BCUT2D eigenvalue weighted by Crippen LogP contribution is 2.27. The third kappa shape index (κ3) is 4.40. The Hall–Kier alpha value is -4.13. The lowest BCUT2D eigenvalue weighted by atomic mass is 10.0. The smallest absolute Gasteiger partial charge is 0.433 e. The maximum atomic E-state index is 10.8. The van der Waals surface area contributed by atoms with E-state index >= 15 is 0 Å². The van der Waals surface area contributed by atoms with Gasteiger partial charge in [-0.05, 0) is 67.4 Å². The van der Waals surface area contributed by atoms with E-state index in [-0.39, 0.29) is 11.9 Å². The van der Waals surface area contributed by atoms with Crippen LogP contribution in [0.1, 0.15) is 19.4 Å². The Bertz CT molecular complexity index is 1270. The first-order valence-corrected chi connectivity index (χ1v) is 9.83. The average Bonchev–Trinajstić information content (AvgIpc) is 3.17. The summed E-state index contributed by atoms with van der Waals surface area (Å²) in [6.07, 6.45) is 0.532. The number of amidine groups is 1. The van der Waals surface area contributed by atoms with Gasteiger partial charge in [-0.3, -0.25) is 4.57 Å². The van der Waals surface area contributed by atoms with Crippen LogP contribution in [-0.2, 0) is 0 Å². The molecule has 3 N–H and O–H groups in total. The lowest BCUT2D eigenvalue weighted by Gasteiger charge is -2.11. The molecule has 0 aliphatic carbocycles. The molecule has 0 atom stereocenters. The maximum absolute atomic E-state index is 10.8. The van der Waals surface area contributed by atoms with Crippen molar-refractivity contribution in [1.29, 1.82) is 0 Å². The van der Waals surface area contributed by atoms with Crippen molar-refractivity contribution in [3.05, 3.63) is 78.6 Å². The molecule has 0 saturated heterocycles. The van der Waals surface area contributed by atoms with Crippen molar-refractivity contribution >= 4 is 23.0 Å². The summed E-state index contributed by atoms with van der Waals surface area (Å²) in [5.74, 6) is 0.781. The minimum atomic E-state index is -1.33. The van der Waals surface area contributed by atoms with Gasteiger partial charge in [-0.15, -0.1) is 0 Å². The Morgan fingerprint density at radius 2 is 1.84 bits per heavy atom. The zero-order valence-corrected chi connectivity index (χ0v) is 17.2. The van der Waals surface area contributed by atoms with E-state index < -0.39 is 6.09 Å². The molecule has 0 spiro atoms. The van der Waals surface area contributed by atoms with E-state index in [0.717, 1.165) is 33.6 Å². The van der Waals surface area contributed by atoms with Crippen LogP contribution in [0.25, 0.3) is 27.8 Å². The Labute approximate surface area is 179 Å². The molecular weight excluding hydrogens is 392 g/mol. The second kappa shape index (κ2) is 8.31. The van der Waals surface area contributed by atoms with Gasteiger partial charge in [0.1, 0.15) is 17.9 Å². The third-order valence-corrected chi connectivity index (χ3v) is 4.74. The summed E-state index contributed by atoms with van der Waals surface area (Å²) in [6.45, 7) is 4.00. The normalized spacial score (nSPS) is 11.8. The highest BCUT2D eigenvalue weighted by Gasteiger charge is 2.10. The van der Waals surface area contributed by atoms with Crippen molar-refractivity contribution in [3.63, 3.8) is 0 Å². The molecule has 0 unspecified atom stereocenters. The number of ether oxygens (including phenoxy) is 1. The summed E-state index contributed by atoms with van der Waals surface area (Å²) in [5, 5.41) is 8.86. The highest BCUT2D eigenvalue weighted by atomic mass is 16.5. The molecule has 0 aliphatic rings. The van der Waals surface area contributed by atoms with Crippen LogP contribution in [0.4, 0.5) is 4.79 Å². The van der Waals surface area contributed by atoms with Gasteiger partial charge < -0.3 is 15.6 Å². The molecule has 7 nitrogen and oxygen atoms in total. The average molecular weight is 414 g/mol. The Morgan fingerprint density at radius 3 is 2.55 bits per heavy atom. The van der Waals surface area contributed by atoms with Crippen molar-refractivity contribution < 1.29 is 14.6 Å². The molecule has 1 aromatic heterocycles. The van der Waals surface area contributed by atoms with Crippen LogP contribution in [0.2, 0.25) is 0 Å². The fourth-order valence-electron chi connectivity index (χ4n) is 3.37. The topological polar surface area (TPSA) is 103 Å². The lowest BCUT2D eigenvalue weighted by molar-refractivity contribution is 0.205.